The van der Waals surface area contributed by atoms with Crippen LogP contribution >= 0.6 is 0 Å². The van der Waals surface area contributed by atoms with Crippen molar-refractivity contribution < 1.29 is 8.42 Å². The smallest absolute Gasteiger partial charge is 0.0933 e. The van der Waals surface area contributed by atoms with Crippen LogP contribution in [0.5, 0.6) is 0 Å². The van der Waals surface area contributed by atoms with Crippen LogP contribution in [0.4, 0.5) is 0 Å². The van der Waals surface area contributed by atoms with Gasteiger partial charge in [-0.1, -0.05) is 52.4 Å². The molecular formula is C14H26O2S2. The molecule has 0 saturated heterocycles. The molecule has 0 aliphatic carbocycles. The second-order valence-electron chi connectivity index (χ2n) is 4.63. The minimum absolute atomic E-state index is 0.530. The van der Waals surface area contributed by atoms with E-state index in [9.17, 15) is 8.42 Å². The van der Waals surface area contributed by atoms with E-state index >= 15 is 0 Å². The van der Waals surface area contributed by atoms with Gasteiger partial charge in [-0.3, -0.25) is 0 Å². The Hall–Kier alpha value is -0.220. The van der Waals surface area contributed by atoms with E-state index in [0.29, 0.717) is 22.5 Å². The van der Waals surface area contributed by atoms with Gasteiger partial charge >= 0.3 is 0 Å². The number of rotatable bonds is 11. The molecule has 18 heavy (non-hydrogen) atoms. The number of unbranched alkanes of at least 4 members (excludes halogenated alkanes) is 6. The molecule has 0 bridgehead atoms. The molecule has 0 heterocycles. The molecule has 0 unspecified atom stereocenters. The maximum atomic E-state index is 11.1. The molecule has 0 aliphatic heterocycles. The van der Waals surface area contributed by atoms with E-state index in [1.165, 1.54) is 25.7 Å². The predicted octanol–water partition coefficient (Wildman–Crippen LogP) is 3.70. The Morgan fingerprint density at radius 3 is 1.50 bits per heavy atom. The highest BCUT2D eigenvalue weighted by Crippen LogP contribution is 2.08. The first kappa shape index (κ1) is 17.8. The van der Waals surface area contributed by atoms with Gasteiger partial charge in [-0.2, -0.15) is 0 Å². The van der Waals surface area contributed by atoms with Crippen molar-refractivity contribution in [2.24, 2.45) is 0 Å². The first-order chi connectivity index (χ1) is 8.79. The van der Waals surface area contributed by atoms with Crippen LogP contribution in [0.2, 0.25) is 0 Å². The van der Waals surface area contributed by atoms with E-state index in [1.807, 2.05) is 0 Å². The Bertz CT molecular complexity index is 314. The molecule has 0 aliphatic rings. The lowest BCUT2D eigenvalue weighted by atomic mass is 10.0. The Labute approximate surface area is 119 Å². The predicted molar refractivity (Wildman–Crippen MR) is 83.8 cm³/mol. The lowest BCUT2D eigenvalue weighted by molar-refractivity contribution is 0.644. The summed E-state index contributed by atoms with van der Waals surface area (Å²) in [4.78, 5) is 1.58. The fourth-order valence-electron chi connectivity index (χ4n) is 1.88. The topological polar surface area (TPSA) is 34.1 Å². The third-order valence-electron chi connectivity index (χ3n) is 3.03. The van der Waals surface area contributed by atoms with Crippen LogP contribution in [0.15, 0.2) is 0 Å². The molecule has 0 amide bonds. The van der Waals surface area contributed by atoms with Gasteiger partial charge in [0.15, 0.2) is 0 Å². The van der Waals surface area contributed by atoms with Crippen molar-refractivity contribution in [3.05, 3.63) is 0 Å². The summed E-state index contributed by atoms with van der Waals surface area (Å²) in [7, 11) is 0. The maximum absolute atomic E-state index is 11.1. The SMILES string of the molecule is CCCCCCCC(=S=O)C(CCCCC)=S=O. The molecule has 0 aromatic carbocycles. The average Bonchev–Trinajstić information content (AvgIpc) is 2.40. The van der Waals surface area contributed by atoms with Crippen molar-refractivity contribution in [2.75, 3.05) is 0 Å². The lowest BCUT2D eigenvalue weighted by Crippen LogP contribution is -2.14. The summed E-state index contributed by atoms with van der Waals surface area (Å²) in [5.74, 6) is 0. The Morgan fingerprint density at radius 1 is 0.667 bits per heavy atom. The molecule has 2 nitrogen and oxygen atoms in total. The second-order valence-corrected chi connectivity index (χ2v) is 5.95. The zero-order valence-electron chi connectivity index (χ0n) is 11.7. The Balaban J connectivity index is 4.06. The van der Waals surface area contributed by atoms with E-state index in [-0.39, 0.29) is 0 Å². The van der Waals surface area contributed by atoms with Crippen LogP contribution in [-0.4, -0.2) is 18.1 Å². The van der Waals surface area contributed by atoms with E-state index < -0.39 is 0 Å². The summed E-state index contributed by atoms with van der Waals surface area (Å²) < 4.78 is 22.2. The average molecular weight is 290 g/mol. The van der Waals surface area contributed by atoms with Crippen molar-refractivity contribution in [1.82, 2.24) is 0 Å². The molecule has 0 atom stereocenters. The molecule has 0 N–H and O–H groups in total. The third kappa shape index (κ3) is 8.81. The summed E-state index contributed by atoms with van der Waals surface area (Å²) in [5.41, 5.74) is 0. The zero-order valence-corrected chi connectivity index (χ0v) is 13.3. The molecule has 4 heteroatoms. The lowest BCUT2D eigenvalue weighted by Gasteiger charge is -2.04. The summed E-state index contributed by atoms with van der Waals surface area (Å²) >= 11 is 1.06. The fraction of sp³-hybridized carbons (Fsp3) is 0.857. The molecule has 0 aromatic heterocycles. The van der Waals surface area contributed by atoms with E-state index in [1.54, 1.807) is 0 Å². The molecule has 0 spiro atoms. The van der Waals surface area contributed by atoms with Crippen LogP contribution in [0.25, 0.3) is 0 Å². The van der Waals surface area contributed by atoms with Crippen molar-refractivity contribution in [3.63, 3.8) is 0 Å². The van der Waals surface area contributed by atoms with Gasteiger partial charge in [0.2, 0.25) is 0 Å². The second kappa shape index (κ2) is 13.2. The molecular weight excluding hydrogens is 264 g/mol. The highest BCUT2D eigenvalue weighted by Gasteiger charge is 2.08. The Kier molecular flexibility index (Phi) is 13.1. The summed E-state index contributed by atoms with van der Waals surface area (Å²) in [6, 6.07) is 0. The summed E-state index contributed by atoms with van der Waals surface area (Å²) in [6.07, 6.45) is 10.9. The fourth-order valence-corrected chi connectivity index (χ4v) is 2.93. The van der Waals surface area contributed by atoms with E-state index in [2.05, 4.69) is 13.8 Å². The van der Waals surface area contributed by atoms with Crippen molar-refractivity contribution in [2.45, 2.75) is 78.1 Å². The van der Waals surface area contributed by atoms with Crippen molar-refractivity contribution in [3.8, 4) is 0 Å². The molecule has 0 saturated carbocycles. The van der Waals surface area contributed by atoms with Gasteiger partial charge in [0.1, 0.15) is 0 Å². The van der Waals surface area contributed by atoms with Gasteiger partial charge in [-0.15, -0.1) is 0 Å². The van der Waals surface area contributed by atoms with Crippen LogP contribution < -0.4 is 0 Å². The van der Waals surface area contributed by atoms with Gasteiger partial charge in [-0.05, 0) is 25.7 Å². The van der Waals surface area contributed by atoms with E-state index in [4.69, 9.17) is 0 Å². The monoisotopic (exact) mass is 290 g/mol. The molecule has 0 fully saturated rings. The highest BCUT2D eigenvalue weighted by molar-refractivity contribution is 7.76. The first-order valence-corrected chi connectivity index (χ1v) is 8.60. The molecule has 0 rings (SSSR count). The van der Waals surface area contributed by atoms with E-state index in [0.717, 1.165) is 48.3 Å². The van der Waals surface area contributed by atoms with Gasteiger partial charge < -0.3 is 0 Å². The van der Waals surface area contributed by atoms with Crippen molar-refractivity contribution >= 4 is 32.2 Å². The zero-order chi connectivity index (χ0) is 13.6. The van der Waals surface area contributed by atoms with Gasteiger partial charge in [0.25, 0.3) is 0 Å². The molecule has 0 aromatic rings. The quantitative estimate of drug-likeness (QED) is 0.429. The van der Waals surface area contributed by atoms with Crippen LogP contribution in [0.3, 0.4) is 0 Å². The summed E-state index contributed by atoms with van der Waals surface area (Å²) in [5, 5.41) is 0. The molecule has 0 radical (unpaired) electrons. The Morgan fingerprint density at radius 2 is 1.06 bits per heavy atom. The van der Waals surface area contributed by atoms with Gasteiger partial charge in [0.05, 0.1) is 32.2 Å². The number of hydrogen-bond acceptors (Lipinski definition) is 2. The minimum Gasteiger partial charge on any atom is -0.212 e. The highest BCUT2D eigenvalue weighted by atomic mass is 32.1. The normalized spacial score (nSPS) is 10.1. The summed E-state index contributed by atoms with van der Waals surface area (Å²) in [6.45, 7) is 4.34. The largest absolute Gasteiger partial charge is 0.212 e. The van der Waals surface area contributed by atoms with Crippen LogP contribution in [0.1, 0.15) is 78.1 Å². The van der Waals surface area contributed by atoms with Gasteiger partial charge in [0, 0.05) is 0 Å². The van der Waals surface area contributed by atoms with Crippen molar-refractivity contribution in [1.29, 1.82) is 0 Å². The van der Waals surface area contributed by atoms with Gasteiger partial charge in [-0.25, -0.2) is 8.42 Å². The third-order valence-corrected chi connectivity index (χ3v) is 4.46. The molecule has 106 valence electrons. The first-order valence-electron chi connectivity index (χ1n) is 7.11. The van der Waals surface area contributed by atoms with Crippen LogP contribution in [0, 0.1) is 0 Å². The number of hydrogen-bond donors (Lipinski definition) is 0. The minimum atomic E-state index is 0.530. The van der Waals surface area contributed by atoms with Crippen LogP contribution in [-0.2, 0) is 22.5 Å². The maximum Gasteiger partial charge on any atom is 0.0933 e. The standard InChI is InChI=1S/C14H26O2S2/c1-3-5-7-8-10-12-14(18-16)13(17-15)11-9-6-4-2/h3-12H2,1-2H3.